The van der Waals surface area contributed by atoms with Crippen LogP contribution in [0, 0.1) is 5.41 Å². The number of carbonyl (C=O) groups excluding carboxylic acids is 1. The maximum Gasteiger partial charge on any atom is 0.312 e. The predicted octanol–water partition coefficient (Wildman–Crippen LogP) is 3.87. The molecule has 1 saturated carbocycles. The Morgan fingerprint density at radius 1 is 1.21 bits per heavy atom. The predicted molar refractivity (Wildman–Crippen MR) is 77.1 cm³/mol. The molecule has 1 aliphatic rings. The fraction of sp³-hybridized carbons (Fsp3) is 0.588. The quantitative estimate of drug-likeness (QED) is 0.771. The maximum atomic E-state index is 11.9. The van der Waals surface area contributed by atoms with Gasteiger partial charge >= 0.3 is 5.97 Å². The third kappa shape index (κ3) is 2.83. The van der Waals surface area contributed by atoms with E-state index in [0.717, 1.165) is 25.7 Å². The van der Waals surface area contributed by atoms with Crippen LogP contribution in [0.3, 0.4) is 0 Å². The summed E-state index contributed by atoms with van der Waals surface area (Å²) >= 11 is 0. The summed E-state index contributed by atoms with van der Waals surface area (Å²) in [4.78, 5) is 11.9. The summed E-state index contributed by atoms with van der Waals surface area (Å²) in [5.74, 6) is -0.0429. The molecule has 1 aromatic rings. The molecule has 0 bridgehead atoms. The van der Waals surface area contributed by atoms with Crippen LogP contribution < -0.4 is 0 Å². The van der Waals surface area contributed by atoms with Crippen molar-refractivity contribution < 1.29 is 9.53 Å². The molecule has 0 unspecified atom stereocenters. The van der Waals surface area contributed by atoms with Crippen molar-refractivity contribution in [1.82, 2.24) is 0 Å². The summed E-state index contributed by atoms with van der Waals surface area (Å²) in [5, 5.41) is 0. The van der Waals surface area contributed by atoms with Crippen molar-refractivity contribution in [2.75, 3.05) is 7.11 Å². The summed E-state index contributed by atoms with van der Waals surface area (Å²) in [6.07, 6.45) is 3.86. The molecular formula is C17H24O2. The summed E-state index contributed by atoms with van der Waals surface area (Å²) < 4.78 is 4.97. The van der Waals surface area contributed by atoms with Crippen molar-refractivity contribution in [2.24, 2.45) is 5.41 Å². The Bertz CT molecular complexity index is 447. The van der Waals surface area contributed by atoms with Gasteiger partial charge in [0.25, 0.3) is 0 Å². The van der Waals surface area contributed by atoms with E-state index in [1.165, 1.54) is 18.2 Å². The third-order valence-corrected chi connectivity index (χ3v) is 4.29. The summed E-state index contributed by atoms with van der Waals surface area (Å²) in [5.41, 5.74) is 2.49. The SMILES string of the molecule is COC(=O)C1(Cc2ccc(C(C)(C)C)cc2)CCC1. The van der Waals surface area contributed by atoms with Gasteiger partial charge in [0.1, 0.15) is 0 Å². The number of ether oxygens (including phenoxy) is 1. The van der Waals surface area contributed by atoms with Gasteiger partial charge in [0.2, 0.25) is 0 Å². The number of rotatable bonds is 3. The number of benzene rings is 1. The average molecular weight is 260 g/mol. The first kappa shape index (κ1) is 14.1. The third-order valence-electron chi connectivity index (χ3n) is 4.29. The van der Waals surface area contributed by atoms with Crippen LogP contribution >= 0.6 is 0 Å². The largest absolute Gasteiger partial charge is 0.469 e. The zero-order chi connectivity index (χ0) is 14.1. The van der Waals surface area contributed by atoms with Gasteiger partial charge in [0.15, 0.2) is 0 Å². The highest BCUT2D eigenvalue weighted by molar-refractivity contribution is 5.78. The molecule has 1 aliphatic carbocycles. The Labute approximate surface area is 116 Å². The van der Waals surface area contributed by atoms with Crippen LogP contribution in [0.4, 0.5) is 0 Å². The van der Waals surface area contributed by atoms with Crippen LogP contribution in [-0.2, 0) is 21.4 Å². The molecule has 0 heterocycles. The van der Waals surface area contributed by atoms with E-state index in [9.17, 15) is 4.79 Å². The second-order valence-electron chi connectivity index (χ2n) is 6.75. The first-order valence-electron chi connectivity index (χ1n) is 7.05. The van der Waals surface area contributed by atoms with Crippen molar-refractivity contribution in [1.29, 1.82) is 0 Å². The smallest absolute Gasteiger partial charge is 0.312 e. The van der Waals surface area contributed by atoms with E-state index in [0.29, 0.717) is 0 Å². The van der Waals surface area contributed by atoms with E-state index in [4.69, 9.17) is 4.74 Å². The van der Waals surface area contributed by atoms with E-state index in [1.807, 2.05) is 0 Å². The monoisotopic (exact) mass is 260 g/mol. The summed E-state index contributed by atoms with van der Waals surface area (Å²) in [6, 6.07) is 8.67. The Morgan fingerprint density at radius 3 is 2.16 bits per heavy atom. The van der Waals surface area contributed by atoms with Gasteiger partial charge in [0.05, 0.1) is 12.5 Å². The maximum absolute atomic E-state index is 11.9. The van der Waals surface area contributed by atoms with Gasteiger partial charge in [0, 0.05) is 0 Å². The Kier molecular flexibility index (Phi) is 3.71. The highest BCUT2D eigenvalue weighted by atomic mass is 16.5. The molecule has 0 amide bonds. The van der Waals surface area contributed by atoms with E-state index in [2.05, 4.69) is 45.0 Å². The average Bonchev–Trinajstić information content (AvgIpc) is 2.32. The van der Waals surface area contributed by atoms with E-state index < -0.39 is 0 Å². The van der Waals surface area contributed by atoms with E-state index >= 15 is 0 Å². The van der Waals surface area contributed by atoms with Crippen LogP contribution in [0.2, 0.25) is 0 Å². The number of methoxy groups -OCH3 is 1. The summed E-state index contributed by atoms with van der Waals surface area (Å²) in [7, 11) is 1.49. The summed E-state index contributed by atoms with van der Waals surface area (Å²) in [6.45, 7) is 6.64. The topological polar surface area (TPSA) is 26.3 Å². The lowest BCUT2D eigenvalue weighted by Gasteiger charge is -2.39. The minimum Gasteiger partial charge on any atom is -0.469 e. The Morgan fingerprint density at radius 2 is 1.79 bits per heavy atom. The highest BCUT2D eigenvalue weighted by Gasteiger charge is 2.45. The molecule has 0 atom stereocenters. The molecule has 2 rings (SSSR count). The highest BCUT2D eigenvalue weighted by Crippen LogP contribution is 2.44. The van der Waals surface area contributed by atoms with Gasteiger partial charge in [-0.1, -0.05) is 51.5 Å². The van der Waals surface area contributed by atoms with Crippen LogP contribution in [0.5, 0.6) is 0 Å². The van der Waals surface area contributed by atoms with Crippen molar-refractivity contribution in [3.8, 4) is 0 Å². The lowest BCUT2D eigenvalue weighted by molar-refractivity contribution is -0.158. The van der Waals surface area contributed by atoms with Crippen LogP contribution in [0.15, 0.2) is 24.3 Å². The van der Waals surface area contributed by atoms with Crippen molar-refractivity contribution in [2.45, 2.75) is 51.9 Å². The number of hydrogen-bond donors (Lipinski definition) is 0. The van der Waals surface area contributed by atoms with Gasteiger partial charge in [-0.05, 0) is 35.8 Å². The number of esters is 1. The molecular weight excluding hydrogens is 236 g/mol. The molecule has 104 valence electrons. The lowest BCUT2D eigenvalue weighted by atomic mass is 9.65. The fourth-order valence-electron chi connectivity index (χ4n) is 2.79. The van der Waals surface area contributed by atoms with Crippen molar-refractivity contribution in [3.63, 3.8) is 0 Å². The number of carbonyl (C=O) groups is 1. The van der Waals surface area contributed by atoms with E-state index in [1.54, 1.807) is 0 Å². The first-order chi connectivity index (χ1) is 8.87. The minimum absolute atomic E-state index is 0.0429. The van der Waals surface area contributed by atoms with Crippen LogP contribution in [-0.4, -0.2) is 13.1 Å². The number of hydrogen-bond acceptors (Lipinski definition) is 2. The molecule has 2 heteroatoms. The Balaban J connectivity index is 2.13. The van der Waals surface area contributed by atoms with Crippen LogP contribution in [0.1, 0.15) is 51.2 Å². The molecule has 19 heavy (non-hydrogen) atoms. The van der Waals surface area contributed by atoms with Crippen molar-refractivity contribution >= 4 is 5.97 Å². The molecule has 0 aliphatic heterocycles. The molecule has 1 fully saturated rings. The van der Waals surface area contributed by atoms with Gasteiger partial charge in [-0.15, -0.1) is 0 Å². The molecule has 2 nitrogen and oxygen atoms in total. The van der Waals surface area contributed by atoms with Gasteiger partial charge < -0.3 is 4.74 Å². The fourth-order valence-corrected chi connectivity index (χ4v) is 2.79. The van der Waals surface area contributed by atoms with Gasteiger partial charge in [-0.3, -0.25) is 4.79 Å². The molecule has 0 N–H and O–H groups in total. The zero-order valence-corrected chi connectivity index (χ0v) is 12.5. The normalized spacial score (nSPS) is 17.7. The molecule has 1 aromatic carbocycles. The van der Waals surface area contributed by atoms with Crippen molar-refractivity contribution in [3.05, 3.63) is 35.4 Å². The molecule has 0 radical (unpaired) electrons. The standard InChI is InChI=1S/C17H24O2/c1-16(2,3)14-8-6-13(7-9-14)12-17(10-5-11-17)15(18)19-4/h6-9H,5,10-12H2,1-4H3. The lowest BCUT2D eigenvalue weighted by Crippen LogP contribution is -2.40. The van der Waals surface area contributed by atoms with Gasteiger partial charge in [-0.2, -0.15) is 0 Å². The first-order valence-corrected chi connectivity index (χ1v) is 7.05. The Hall–Kier alpha value is -1.31. The molecule has 0 aromatic heterocycles. The zero-order valence-electron chi connectivity index (χ0n) is 12.5. The molecule has 0 spiro atoms. The second-order valence-corrected chi connectivity index (χ2v) is 6.75. The minimum atomic E-state index is -0.252. The van der Waals surface area contributed by atoms with Gasteiger partial charge in [-0.25, -0.2) is 0 Å². The van der Waals surface area contributed by atoms with E-state index in [-0.39, 0.29) is 16.8 Å². The second kappa shape index (κ2) is 4.99. The molecule has 0 saturated heterocycles. The van der Waals surface area contributed by atoms with Crippen LogP contribution in [0.25, 0.3) is 0 Å².